The number of rotatable bonds is 7. The molecule has 3 aromatic carbocycles. The summed E-state index contributed by atoms with van der Waals surface area (Å²) in [7, 11) is 0. The number of carbonyl (C=O) groups is 1. The molecule has 0 saturated heterocycles. The number of ether oxygens (including phenoxy) is 1. The molecule has 35 heavy (non-hydrogen) atoms. The van der Waals surface area contributed by atoms with Gasteiger partial charge < -0.3 is 9.64 Å². The number of hydrogen-bond acceptors (Lipinski definition) is 2. The lowest BCUT2D eigenvalue weighted by Gasteiger charge is -2.24. The van der Waals surface area contributed by atoms with Crippen LogP contribution in [0.1, 0.15) is 27.0 Å². The van der Waals surface area contributed by atoms with Crippen molar-refractivity contribution in [2.24, 2.45) is 0 Å². The Hall–Kier alpha value is -2.91. The molecule has 0 aliphatic carbocycles. The summed E-state index contributed by atoms with van der Waals surface area (Å²) in [5, 5.41) is 0.260. The van der Waals surface area contributed by atoms with E-state index < -0.39 is 29.8 Å². The van der Waals surface area contributed by atoms with Gasteiger partial charge in [-0.05, 0) is 60.0 Å². The van der Waals surface area contributed by atoms with Gasteiger partial charge in [-0.25, -0.2) is 0 Å². The van der Waals surface area contributed by atoms with Gasteiger partial charge in [-0.3, -0.25) is 4.79 Å². The van der Waals surface area contributed by atoms with E-state index >= 15 is 0 Å². The fourth-order valence-electron chi connectivity index (χ4n) is 3.24. The van der Waals surface area contributed by atoms with Crippen LogP contribution in [0, 0.1) is 0 Å². The highest BCUT2D eigenvalue weighted by molar-refractivity contribution is 6.31. The van der Waals surface area contributed by atoms with E-state index in [1.54, 1.807) is 24.3 Å². The molecule has 0 aliphatic heterocycles. The molecule has 0 saturated carbocycles. The number of hydrogen-bond donors (Lipinski definition) is 0. The van der Waals surface area contributed by atoms with Crippen LogP contribution in [-0.4, -0.2) is 23.7 Å². The fourth-order valence-corrected chi connectivity index (χ4v) is 3.60. The van der Waals surface area contributed by atoms with Gasteiger partial charge in [0.1, 0.15) is 5.75 Å². The van der Waals surface area contributed by atoms with Crippen molar-refractivity contribution in [2.45, 2.75) is 25.5 Å². The van der Waals surface area contributed by atoms with Crippen molar-refractivity contribution >= 4 is 29.1 Å². The van der Waals surface area contributed by atoms with Gasteiger partial charge in [0.05, 0.1) is 5.56 Å². The van der Waals surface area contributed by atoms with E-state index in [0.717, 1.165) is 29.8 Å². The second-order valence-corrected chi connectivity index (χ2v) is 8.39. The van der Waals surface area contributed by atoms with Gasteiger partial charge in [0.2, 0.25) is 0 Å². The smallest absolute Gasteiger partial charge is 0.406 e. The molecule has 0 heterocycles. The Balaban J connectivity index is 1.87. The first-order chi connectivity index (χ1) is 16.3. The summed E-state index contributed by atoms with van der Waals surface area (Å²) >= 11 is 11.7. The quantitative estimate of drug-likeness (QED) is 0.289. The summed E-state index contributed by atoms with van der Waals surface area (Å²) in [4.78, 5) is 14.5. The first kappa shape index (κ1) is 26.7. The molecule has 0 bridgehead atoms. The Labute approximate surface area is 206 Å². The Bertz CT molecular complexity index is 1160. The zero-order valence-electron chi connectivity index (χ0n) is 17.8. The molecule has 186 valence electrons. The van der Waals surface area contributed by atoms with Crippen LogP contribution in [0.2, 0.25) is 10.0 Å². The first-order valence-corrected chi connectivity index (χ1v) is 10.8. The fraction of sp³-hybridized carbons (Fsp3) is 0.208. The van der Waals surface area contributed by atoms with Crippen LogP contribution >= 0.6 is 23.2 Å². The van der Waals surface area contributed by atoms with E-state index in [1.165, 1.54) is 17.0 Å². The summed E-state index contributed by atoms with van der Waals surface area (Å²) < 4.78 is 80.8. The molecule has 0 fully saturated rings. The summed E-state index contributed by atoms with van der Waals surface area (Å²) in [6, 6.07) is 14.2. The van der Waals surface area contributed by atoms with Crippen molar-refractivity contribution in [3.05, 3.63) is 99.0 Å². The summed E-state index contributed by atoms with van der Waals surface area (Å²) in [5.41, 5.74) is -0.0668. The van der Waals surface area contributed by atoms with E-state index in [9.17, 15) is 31.1 Å². The second kappa shape index (κ2) is 10.8. The van der Waals surface area contributed by atoms with Crippen molar-refractivity contribution < 1.29 is 35.9 Å². The third-order valence-corrected chi connectivity index (χ3v) is 5.34. The molecule has 0 unspecified atom stereocenters. The minimum atomic E-state index is -4.86. The normalized spacial score (nSPS) is 11.9. The number of alkyl halides is 6. The maximum absolute atomic E-state index is 13.2. The SMILES string of the molecule is O=C(c1cc(Cl)cc(C(F)(F)F)c1)N(CCc1ccc(Cl)cc1)Cc1ccc(OC(F)(F)F)cc1. The van der Waals surface area contributed by atoms with Crippen LogP contribution in [-0.2, 0) is 19.1 Å². The molecule has 3 nitrogen and oxygen atoms in total. The Kier molecular flexibility index (Phi) is 8.22. The molecular formula is C24H17Cl2F6NO2. The third-order valence-electron chi connectivity index (χ3n) is 4.87. The molecule has 1 amide bonds. The Morgan fingerprint density at radius 3 is 1.97 bits per heavy atom. The van der Waals surface area contributed by atoms with Crippen LogP contribution in [0.15, 0.2) is 66.7 Å². The molecule has 3 rings (SSSR count). The highest BCUT2D eigenvalue weighted by Crippen LogP contribution is 2.32. The Morgan fingerprint density at radius 2 is 1.40 bits per heavy atom. The minimum absolute atomic E-state index is 0.0768. The van der Waals surface area contributed by atoms with Crippen molar-refractivity contribution in [1.29, 1.82) is 0 Å². The molecule has 0 spiro atoms. The van der Waals surface area contributed by atoms with Crippen LogP contribution in [0.5, 0.6) is 5.75 Å². The van der Waals surface area contributed by atoms with Crippen LogP contribution in [0.4, 0.5) is 26.3 Å². The van der Waals surface area contributed by atoms with Gasteiger partial charge in [-0.2, -0.15) is 13.2 Å². The topological polar surface area (TPSA) is 29.5 Å². The molecule has 11 heteroatoms. The summed E-state index contributed by atoms with van der Waals surface area (Å²) in [6.45, 7) is 0.0295. The molecule has 0 aromatic heterocycles. The molecule has 0 atom stereocenters. The van der Waals surface area contributed by atoms with Gasteiger partial charge in [0.25, 0.3) is 5.91 Å². The summed E-state index contributed by atoms with van der Waals surface area (Å²) in [6.07, 6.45) is -9.21. The van der Waals surface area contributed by atoms with Gasteiger partial charge in [-0.15, -0.1) is 13.2 Å². The number of carbonyl (C=O) groups excluding carboxylic acids is 1. The molecule has 3 aromatic rings. The van der Waals surface area contributed by atoms with Crippen molar-refractivity contribution in [3.8, 4) is 5.75 Å². The number of benzene rings is 3. The number of nitrogens with zero attached hydrogens (tertiary/aromatic N) is 1. The maximum atomic E-state index is 13.2. The molecule has 0 N–H and O–H groups in total. The Morgan fingerprint density at radius 1 is 0.800 bits per heavy atom. The van der Waals surface area contributed by atoms with E-state index in [2.05, 4.69) is 4.74 Å². The predicted molar refractivity (Wildman–Crippen MR) is 119 cm³/mol. The van der Waals surface area contributed by atoms with E-state index in [4.69, 9.17) is 23.2 Å². The molecular weight excluding hydrogens is 519 g/mol. The largest absolute Gasteiger partial charge is 0.573 e. The monoisotopic (exact) mass is 535 g/mol. The zero-order chi connectivity index (χ0) is 25.8. The highest BCUT2D eigenvalue weighted by Gasteiger charge is 2.33. The lowest BCUT2D eigenvalue weighted by Crippen LogP contribution is -2.32. The lowest BCUT2D eigenvalue weighted by atomic mass is 10.1. The first-order valence-electron chi connectivity index (χ1n) is 10.1. The van der Waals surface area contributed by atoms with E-state index in [1.807, 2.05) is 0 Å². The van der Waals surface area contributed by atoms with Gasteiger partial charge in [0.15, 0.2) is 0 Å². The predicted octanol–water partition coefficient (Wildman–Crippen LogP) is 7.80. The lowest BCUT2D eigenvalue weighted by molar-refractivity contribution is -0.274. The van der Waals surface area contributed by atoms with Gasteiger partial charge >= 0.3 is 12.5 Å². The van der Waals surface area contributed by atoms with Crippen molar-refractivity contribution in [3.63, 3.8) is 0 Å². The standard InChI is InChI=1S/C24H17Cl2F6NO2/c25-19-5-1-15(2-6-19)9-10-33(14-16-3-7-21(8-4-16)35-24(30,31)32)22(34)17-11-18(23(27,28)29)13-20(26)12-17/h1-8,11-13H,9-10,14H2. The van der Waals surface area contributed by atoms with E-state index in [-0.39, 0.29) is 23.7 Å². The van der Waals surface area contributed by atoms with Crippen LogP contribution in [0.25, 0.3) is 0 Å². The van der Waals surface area contributed by atoms with Gasteiger partial charge in [-0.1, -0.05) is 47.5 Å². The van der Waals surface area contributed by atoms with Crippen molar-refractivity contribution in [2.75, 3.05) is 6.54 Å². The van der Waals surface area contributed by atoms with Crippen LogP contribution in [0.3, 0.4) is 0 Å². The molecule has 0 aliphatic rings. The number of amides is 1. The van der Waals surface area contributed by atoms with Crippen LogP contribution < -0.4 is 4.74 Å². The minimum Gasteiger partial charge on any atom is -0.406 e. The highest BCUT2D eigenvalue weighted by atomic mass is 35.5. The molecule has 0 radical (unpaired) electrons. The van der Waals surface area contributed by atoms with Crippen molar-refractivity contribution in [1.82, 2.24) is 4.90 Å². The number of halogens is 8. The zero-order valence-corrected chi connectivity index (χ0v) is 19.3. The summed E-state index contributed by atoms with van der Waals surface area (Å²) in [5.74, 6) is -1.16. The maximum Gasteiger partial charge on any atom is 0.573 e. The average molecular weight is 536 g/mol. The van der Waals surface area contributed by atoms with Gasteiger partial charge in [0, 0.05) is 28.7 Å². The average Bonchev–Trinajstić information content (AvgIpc) is 2.76. The third kappa shape index (κ3) is 8.07. The van der Waals surface area contributed by atoms with E-state index in [0.29, 0.717) is 23.1 Å². The second-order valence-electron chi connectivity index (χ2n) is 7.52.